The molecule has 2 N–H and O–H groups in total. The molecule has 0 amide bonds. The molecule has 0 aliphatic heterocycles. The normalized spacial score (nSPS) is 11.0. The van der Waals surface area contributed by atoms with E-state index < -0.39 is 0 Å². The number of anilines is 1. The zero-order valence-electron chi connectivity index (χ0n) is 12.3. The van der Waals surface area contributed by atoms with Gasteiger partial charge in [0.1, 0.15) is 22.9 Å². The molecule has 0 spiro atoms. The molecular formula is C17H19N3O. The number of aromatic nitrogens is 2. The minimum absolute atomic E-state index is 0.651. The van der Waals surface area contributed by atoms with Crippen LogP contribution in [0.5, 0.6) is 5.75 Å². The van der Waals surface area contributed by atoms with E-state index in [0.717, 1.165) is 29.1 Å². The largest absolute Gasteiger partial charge is 0.494 e. The van der Waals surface area contributed by atoms with E-state index in [-0.39, 0.29) is 0 Å². The molecule has 1 aromatic carbocycles. The van der Waals surface area contributed by atoms with Crippen molar-refractivity contribution in [2.45, 2.75) is 20.3 Å². The van der Waals surface area contributed by atoms with Gasteiger partial charge in [0, 0.05) is 11.8 Å². The number of benzene rings is 1. The number of imidazole rings is 1. The summed E-state index contributed by atoms with van der Waals surface area (Å²) in [5.74, 6) is 1.50. The smallest absolute Gasteiger partial charge is 0.139 e. The predicted molar refractivity (Wildman–Crippen MR) is 85.6 cm³/mol. The third-order valence-electron chi connectivity index (χ3n) is 3.40. The summed E-state index contributed by atoms with van der Waals surface area (Å²) in [4.78, 5) is 4.65. The molecule has 4 nitrogen and oxygen atoms in total. The zero-order valence-corrected chi connectivity index (χ0v) is 12.3. The van der Waals surface area contributed by atoms with E-state index in [0.29, 0.717) is 12.4 Å². The van der Waals surface area contributed by atoms with Crippen LogP contribution in [-0.4, -0.2) is 16.0 Å². The van der Waals surface area contributed by atoms with Crippen LogP contribution in [0.1, 0.15) is 18.9 Å². The Labute approximate surface area is 124 Å². The van der Waals surface area contributed by atoms with Crippen LogP contribution >= 0.6 is 0 Å². The average Bonchev–Trinajstić information content (AvgIpc) is 2.82. The molecule has 3 aromatic rings. The number of nitrogens with two attached hydrogens (primary N) is 1. The van der Waals surface area contributed by atoms with Crippen molar-refractivity contribution in [2.75, 3.05) is 12.3 Å². The Morgan fingerprint density at radius 3 is 2.90 bits per heavy atom. The molecule has 0 aliphatic rings. The molecule has 3 rings (SSSR count). The van der Waals surface area contributed by atoms with Crippen LogP contribution < -0.4 is 10.5 Å². The molecule has 108 valence electrons. The molecule has 0 radical (unpaired) electrons. The third kappa shape index (κ3) is 2.57. The van der Waals surface area contributed by atoms with E-state index in [1.165, 1.54) is 5.56 Å². The highest BCUT2D eigenvalue weighted by Crippen LogP contribution is 2.29. The van der Waals surface area contributed by atoms with Gasteiger partial charge in [0.15, 0.2) is 0 Å². The molecular weight excluding hydrogens is 262 g/mol. The van der Waals surface area contributed by atoms with Gasteiger partial charge in [0.25, 0.3) is 0 Å². The fraction of sp³-hybridized carbons (Fsp3) is 0.235. The summed E-state index contributed by atoms with van der Waals surface area (Å²) in [6.07, 6.45) is 2.94. The number of aryl methyl sites for hydroxylation is 1. The van der Waals surface area contributed by atoms with E-state index in [4.69, 9.17) is 10.5 Å². The first-order valence-corrected chi connectivity index (χ1v) is 7.16. The summed E-state index contributed by atoms with van der Waals surface area (Å²) in [6.45, 7) is 4.85. The van der Waals surface area contributed by atoms with Crippen molar-refractivity contribution in [3.8, 4) is 17.0 Å². The lowest BCUT2D eigenvalue weighted by Crippen LogP contribution is -1.96. The van der Waals surface area contributed by atoms with Crippen molar-refractivity contribution >= 4 is 11.5 Å². The maximum Gasteiger partial charge on any atom is 0.139 e. The molecule has 0 fully saturated rings. The molecule has 0 aliphatic carbocycles. The standard InChI is InChI=1S/C17H19N3O/c1-3-9-21-14-6-4-5-13(11-14)16-17(18)20-8-7-12(2)10-15(20)19-16/h4-8,10-11H,3,9,18H2,1-2H3. The molecule has 0 saturated heterocycles. The van der Waals surface area contributed by atoms with E-state index in [2.05, 4.69) is 11.9 Å². The summed E-state index contributed by atoms with van der Waals surface area (Å²) in [5, 5.41) is 0. The van der Waals surface area contributed by atoms with Gasteiger partial charge in [-0.25, -0.2) is 4.98 Å². The minimum Gasteiger partial charge on any atom is -0.494 e. The van der Waals surface area contributed by atoms with Crippen molar-refractivity contribution in [2.24, 2.45) is 0 Å². The number of nitrogen functional groups attached to an aromatic ring is 1. The zero-order chi connectivity index (χ0) is 14.8. The Morgan fingerprint density at radius 2 is 2.10 bits per heavy atom. The number of pyridine rings is 1. The van der Waals surface area contributed by atoms with Crippen LogP contribution in [0.3, 0.4) is 0 Å². The Balaban J connectivity index is 2.05. The Bertz CT molecular complexity index is 777. The van der Waals surface area contributed by atoms with Gasteiger partial charge in [-0.1, -0.05) is 19.1 Å². The number of nitrogens with zero attached hydrogens (tertiary/aromatic N) is 2. The molecule has 0 unspecified atom stereocenters. The first-order valence-electron chi connectivity index (χ1n) is 7.16. The second kappa shape index (κ2) is 5.48. The number of rotatable bonds is 4. The van der Waals surface area contributed by atoms with Crippen LogP contribution in [0.2, 0.25) is 0 Å². The molecule has 4 heteroatoms. The second-order valence-electron chi connectivity index (χ2n) is 5.15. The molecule has 0 atom stereocenters. The van der Waals surface area contributed by atoms with Crippen molar-refractivity contribution in [3.05, 3.63) is 48.2 Å². The summed E-state index contributed by atoms with van der Waals surface area (Å²) in [6, 6.07) is 12.0. The van der Waals surface area contributed by atoms with Crippen LogP contribution in [0.15, 0.2) is 42.6 Å². The maximum atomic E-state index is 6.23. The van der Waals surface area contributed by atoms with Crippen LogP contribution in [-0.2, 0) is 0 Å². The highest BCUT2D eigenvalue weighted by molar-refractivity contribution is 5.75. The van der Waals surface area contributed by atoms with Gasteiger partial charge in [-0.3, -0.25) is 4.40 Å². The molecule has 0 saturated carbocycles. The first-order chi connectivity index (χ1) is 10.2. The third-order valence-corrected chi connectivity index (χ3v) is 3.40. The van der Waals surface area contributed by atoms with Gasteiger partial charge in [-0.2, -0.15) is 0 Å². The van der Waals surface area contributed by atoms with E-state index in [1.54, 1.807) is 0 Å². The lowest BCUT2D eigenvalue weighted by molar-refractivity contribution is 0.317. The number of hydrogen-bond donors (Lipinski definition) is 1. The SMILES string of the molecule is CCCOc1cccc(-c2nc3cc(C)ccn3c2N)c1. The number of fused-ring (bicyclic) bond motifs is 1. The van der Waals surface area contributed by atoms with E-state index in [1.807, 2.05) is 53.9 Å². The quantitative estimate of drug-likeness (QED) is 0.793. The number of ether oxygens (including phenoxy) is 1. The van der Waals surface area contributed by atoms with Gasteiger partial charge in [0.05, 0.1) is 6.61 Å². The van der Waals surface area contributed by atoms with Crippen molar-refractivity contribution in [1.29, 1.82) is 0 Å². The second-order valence-corrected chi connectivity index (χ2v) is 5.15. The maximum absolute atomic E-state index is 6.23. The van der Waals surface area contributed by atoms with Gasteiger partial charge in [-0.15, -0.1) is 0 Å². The van der Waals surface area contributed by atoms with E-state index in [9.17, 15) is 0 Å². The summed E-state index contributed by atoms with van der Waals surface area (Å²) >= 11 is 0. The summed E-state index contributed by atoms with van der Waals surface area (Å²) in [7, 11) is 0. The molecule has 2 heterocycles. The highest BCUT2D eigenvalue weighted by atomic mass is 16.5. The van der Waals surface area contributed by atoms with E-state index >= 15 is 0 Å². The Hall–Kier alpha value is -2.49. The summed E-state index contributed by atoms with van der Waals surface area (Å²) < 4.78 is 7.58. The average molecular weight is 281 g/mol. The summed E-state index contributed by atoms with van der Waals surface area (Å²) in [5.41, 5.74) is 10.0. The lowest BCUT2D eigenvalue weighted by Gasteiger charge is -2.06. The van der Waals surface area contributed by atoms with Gasteiger partial charge in [0.2, 0.25) is 0 Å². The fourth-order valence-corrected chi connectivity index (χ4v) is 2.33. The van der Waals surface area contributed by atoms with Crippen LogP contribution in [0.4, 0.5) is 5.82 Å². The lowest BCUT2D eigenvalue weighted by atomic mass is 10.1. The van der Waals surface area contributed by atoms with Crippen molar-refractivity contribution in [1.82, 2.24) is 9.38 Å². The van der Waals surface area contributed by atoms with Gasteiger partial charge < -0.3 is 10.5 Å². The highest BCUT2D eigenvalue weighted by Gasteiger charge is 2.11. The van der Waals surface area contributed by atoms with Crippen molar-refractivity contribution < 1.29 is 4.74 Å². The number of hydrogen-bond acceptors (Lipinski definition) is 3. The molecule has 21 heavy (non-hydrogen) atoms. The van der Waals surface area contributed by atoms with Gasteiger partial charge >= 0.3 is 0 Å². The molecule has 2 aromatic heterocycles. The van der Waals surface area contributed by atoms with Crippen LogP contribution in [0.25, 0.3) is 16.9 Å². The van der Waals surface area contributed by atoms with Crippen LogP contribution in [0, 0.1) is 6.92 Å². The Morgan fingerprint density at radius 1 is 1.24 bits per heavy atom. The van der Waals surface area contributed by atoms with Gasteiger partial charge in [-0.05, 0) is 43.2 Å². The predicted octanol–water partition coefficient (Wildman–Crippen LogP) is 3.68. The van der Waals surface area contributed by atoms with Crippen molar-refractivity contribution in [3.63, 3.8) is 0 Å². The first kappa shape index (κ1) is 13.5. The fourth-order valence-electron chi connectivity index (χ4n) is 2.33. The Kier molecular flexibility index (Phi) is 3.52. The minimum atomic E-state index is 0.651. The topological polar surface area (TPSA) is 52.5 Å². The molecule has 0 bridgehead atoms. The monoisotopic (exact) mass is 281 g/mol.